The Morgan fingerprint density at radius 3 is 2.26 bits per heavy atom. The summed E-state index contributed by atoms with van der Waals surface area (Å²) in [4.78, 5) is 23.2. The second kappa shape index (κ2) is 12.7. The van der Waals surface area contributed by atoms with Crippen molar-refractivity contribution in [2.75, 3.05) is 6.54 Å². The van der Waals surface area contributed by atoms with Crippen molar-refractivity contribution >= 4 is 33.3 Å². The summed E-state index contributed by atoms with van der Waals surface area (Å²) < 4.78 is 70.8. The molecular weight excluding hydrogens is 575 g/mol. The topological polar surface area (TPSA) is 90.2 Å². The molecule has 1 heterocycles. The molecule has 0 aliphatic carbocycles. The van der Waals surface area contributed by atoms with Crippen LogP contribution in [-0.2, 0) is 11.0 Å². The summed E-state index contributed by atoms with van der Waals surface area (Å²) in [5.41, 5.74) is 0.419. The third-order valence-electron chi connectivity index (χ3n) is 6.96. The van der Waals surface area contributed by atoms with Crippen LogP contribution in [0, 0.1) is 23.0 Å². The van der Waals surface area contributed by atoms with Gasteiger partial charge in [-0.1, -0.05) is 25.5 Å². The number of carboxylic acid groups (broad SMARTS) is 1. The van der Waals surface area contributed by atoms with Crippen LogP contribution in [0.3, 0.4) is 0 Å². The molecule has 0 bridgehead atoms. The van der Waals surface area contributed by atoms with Crippen LogP contribution in [0.1, 0.15) is 76.2 Å². The Balaban J connectivity index is 1.87. The molecule has 4 rings (SSSR count). The highest BCUT2D eigenvalue weighted by Crippen LogP contribution is 2.47. The van der Waals surface area contributed by atoms with Crippen molar-refractivity contribution in [2.45, 2.75) is 44.2 Å². The highest BCUT2D eigenvalue weighted by Gasteiger charge is 2.34. The van der Waals surface area contributed by atoms with Gasteiger partial charge >= 0.3 is 12.1 Å². The number of thiophene rings is 1. The number of amides is 1. The molecule has 0 radical (unpaired) electrons. The number of halogens is 5. The molecule has 5 nitrogen and oxygen atoms in total. The van der Waals surface area contributed by atoms with E-state index in [-0.39, 0.29) is 35.0 Å². The van der Waals surface area contributed by atoms with Crippen LogP contribution in [0.15, 0.2) is 60.0 Å². The van der Waals surface area contributed by atoms with Crippen LogP contribution in [0.25, 0.3) is 10.1 Å². The Kier molecular flexibility index (Phi) is 9.27. The van der Waals surface area contributed by atoms with E-state index >= 15 is 0 Å². The molecule has 1 aromatic heterocycles. The van der Waals surface area contributed by atoms with Crippen molar-refractivity contribution in [1.29, 1.82) is 5.26 Å². The van der Waals surface area contributed by atoms with Gasteiger partial charge in [0.15, 0.2) is 0 Å². The lowest BCUT2D eigenvalue weighted by Gasteiger charge is -2.29. The SMILES string of the molecule is CCC[C@H](c1ccc(C(=O)NCCC(=O)O)cc1)C(c1cc(F)cc(F)c1)c1csc2c(C#N)cc(C(F)(F)F)cc12. The predicted molar refractivity (Wildman–Crippen MR) is 148 cm³/mol. The number of hydrogen-bond donors (Lipinski definition) is 2. The molecule has 0 aliphatic heterocycles. The fourth-order valence-corrected chi connectivity index (χ4v) is 6.18. The van der Waals surface area contributed by atoms with Crippen molar-refractivity contribution < 1.29 is 36.6 Å². The largest absolute Gasteiger partial charge is 0.481 e. The van der Waals surface area contributed by atoms with Crippen molar-refractivity contribution in [2.24, 2.45) is 0 Å². The number of nitrogens with one attached hydrogen (secondary N) is 1. The second-order valence-corrected chi connectivity index (χ2v) is 10.7. The quantitative estimate of drug-likeness (QED) is 0.181. The van der Waals surface area contributed by atoms with Gasteiger partial charge in [0.1, 0.15) is 17.7 Å². The first-order valence-electron chi connectivity index (χ1n) is 13.0. The number of carbonyl (C=O) groups excluding carboxylic acids is 1. The highest BCUT2D eigenvalue weighted by molar-refractivity contribution is 7.17. The zero-order valence-electron chi connectivity index (χ0n) is 22.3. The average molecular weight is 601 g/mol. The molecule has 42 heavy (non-hydrogen) atoms. The number of nitrogens with zero attached hydrogens (tertiary/aromatic N) is 1. The van der Waals surface area contributed by atoms with E-state index in [1.165, 1.54) is 0 Å². The van der Waals surface area contributed by atoms with Crippen LogP contribution >= 0.6 is 11.3 Å². The first-order valence-corrected chi connectivity index (χ1v) is 13.9. The smallest absolute Gasteiger partial charge is 0.416 e. The molecule has 0 fully saturated rings. The van der Waals surface area contributed by atoms with Gasteiger partial charge in [-0.2, -0.15) is 18.4 Å². The highest BCUT2D eigenvalue weighted by atomic mass is 32.1. The number of alkyl halides is 3. The van der Waals surface area contributed by atoms with Gasteiger partial charge in [-0.15, -0.1) is 11.3 Å². The van der Waals surface area contributed by atoms with E-state index in [2.05, 4.69) is 5.32 Å². The summed E-state index contributed by atoms with van der Waals surface area (Å²) >= 11 is 1.09. The van der Waals surface area contributed by atoms with Gasteiger partial charge in [0, 0.05) is 24.1 Å². The summed E-state index contributed by atoms with van der Waals surface area (Å²) in [6.45, 7) is 1.85. The molecule has 2 N–H and O–H groups in total. The molecule has 11 heteroatoms. The number of nitriles is 1. The van der Waals surface area contributed by atoms with Gasteiger partial charge in [-0.05, 0) is 76.2 Å². The van der Waals surface area contributed by atoms with E-state index in [1.807, 2.05) is 13.0 Å². The van der Waals surface area contributed by atoms with Crippen molar-refractivity contribution in [3.63, 3.8) is 0 Å². The zero-order valence-corrected chi connectivity index (χ0v) is 23.1. The van der Waals surface area contributed by atoms with Crippen molar-refractivity contribution in [3.8, 4) is 6.07 Å². The van der Waals surface area contributed by atoms with Crippen LogP contribution < -0.4 is 5.32 Å². The van der Waals surface area contributed by atoms with E-state index in [0.29, 0.717) is 34.7 Å². The number of fused-ring (bicyclic) bond motifs is 1. The minimum atomic E-state index is -4.72. The van der Waals surface area contributed by atoms with Crippen LogP contribution in [0.4, 0.5) is 22.0 Å². The van der Waals surface area contributed by atoms with E-state index in [0.717, 1.165) is 35.6 Å². The van der Waals surface area contributed by atoms with Crippen molar-refractivity contribution in [3.05, 3.63) is 105 Å². The predicted octanol–water partition coefficient (Wildman–Crippen LogP) is 7.99. The average Bonchev–Trinajstić information content (AvgIpc) is 3.35. The number of carbonyl (C=O) groups is 2. The maximum atomic E-state index is 14.5. The minimum Gasteiger partial charge on any atom is -0.481 e. The zero-order chi connectivity index (χ0) is 30.6. The Morgan fingerprint density at radius 1 is 1.02 bits per heavy atom. The first kappa shape index (κ1) is 30.7. The maximum absolute atomic E-state index is 14.5. The van der Waals surface area contributed by atoms with Gasteiger partial charge in [0.25, 0.3) is 5.91 Å². The van der Waals surface area contributed by atoms with E-state index in [4.69, 9.17) is 5.11 Å². The molecule has 0 aliphatic rings. The Morgan fingerprint density at radius 2 is 1.69 bits per heavy atom. The monoisotopic (exact) mass is 600 g/mol. The fraction of sp³-hybridized carbons (Fsp3) is 0.258. The van der Waals surface area contributed by atoms with Crippen molar-refractivity contribution in [1.82, 2.24) is 5.32 Å². The number of carboxylic acids is 1. The lowest BCUT2D eigenvalue weighted by molar-refractivity contribution is -0.138. The maximum Gasteiger partial charge on any atom is 0.416 e. The molecule has 1 amide bonds. The number of benzene rings is 3. The van der Waals surface area contributed by atoms with Crippen LogP contribution in [-0.4, -0.2) is 23.5 Å². The summed E-state index contributed by atoms with van der Waals surface area (Å²) in [7, 11) is 0. The molecular formula is C31H25F5N2O3S. The third kappa shape index (κ3) is 6.77. The molecule has 3 aromatic carbocycles. The molecule has 0 saturated carbocycles. The normalized spacial score (nSPS) is 13.0. The molecule has 1 unspecified atom stereocenters. The minimum absolute atomic E-state index is 0.0581. The van der Waals surface area contributed by atoms with E-state index < -0.39 is 47.1 Å². The van der Waals surface area contributed by atoms with Gasteiger partial charge < -0.3 is 10.4 Å². The third-order valence-corrected chi connectivity index (χ3v) is 8.01. The van der Waals surface area contributed by atoms with Crippen LogP contribution in [0.5, 0.6) is 0 Å². The second-order valence-electron chi connectivity index (χ2n) is 9.80. The lowest BCUT2D eigenvalue weighted by Crippen LogP contribution is -2.26. The van der Waals surface area contributed by atoms with Crippen LogP contribution in [0.2, 0.25) is 0 Å². The molecule has 218 valence electrons. The fourth-order valence-electron chi connectivity index (χ4n) is 5.13. The van der Waals surface area contributed by atoms with Gasteiger partial charge in [0.2, 0.25) is 0 Å². The van der Waals surface area contributed by atoms with Gasteiger partial charge in [0.05, 0.1) is 22.2 Å². The first-order chi connectivity index (χ1) is 19.9. The van der Waals surface area contributed by atoms with Gasteiger partial charge in [-0.3, -0.25) is 9.59 Å². The molecule has 0 spiro atoms. The molecule has 2 atom stereocenters. The summed E-state index contributed by atoms with van der Waals surface area (Å²) in [6.07, 6.45) is -3.86. The number of rotatable bonds is 10. The van der Waals surface area contributed by atoms with E-state index in [9.17, 15) is 36.8 Å². The Hall–Kier alpha value is -4.30. The Bertz CT molecular complexity index is 1640. The molecule has 0 saturated heterocycles. The van der Waals surface area contributed by atoms with E-state index in [1.54, 1.807) is 29.6 Å². The standard InChI is InChI=1S/C31H25F5N2O3S/c1-2-3-24(17-4-6-18(7-5-17)30(41)38-9-8-27(39)40)28(19-11-22(32)14-23(33)12-19)26-16-42-29-20(15-37)10-21(13-25(26)29)31(34,35)36/h4-7,10-14,16,24,28H,2-3,8-9H2,1H3,(H,38,41)(H,39,40)/t24-,28?/m1/s1. The summed E-state index contributed by atoms with van der Waals surface area (Å²) in [6, 6.07) is 13.1. The van der Waals surface area contributed by atoms with Gasteiger partial charge in [-0.25, -0.2) is 8.78 Å². The Labute approximate surface area is 242 Å². The lowest BCUT2D eigenvalue weighted by atomic mass is 9.74. The molecule has 4 aromatic rings. The number of hydrogen-bond acceptors (Lipinski definition) is 4. The summed E-state index contributed by atoms with van der Waals surface area (Å²) in [5, 5.41) is 22.7. The number of aliphatic carboxylic acids is 1. The summed E-state index contributed by atoms with van der Waals surface area (Å²) in [5.74, 6) is -4.49.